The molecule has 0 saturated heterocycles. The average Bonchev–Trinajstić information content (AvgIpc) is 3.13. The zero-order valence-corrected chi connectivity index (χ0v) is 20.3. The van der Waals surface area contributed by atoms with E-state index in [4.69, 9.17) is 21.1 Å². The van der Waals surface area contributed by atoms with Crippen LogP contribution in [0.4, 0.5) is 0 Å². The summed E-state index contributed by atoms with van der Waals surface area (Å²) in [6, 6.07) is 13.0. The number of carbonyl (C=O) groups is 2. The molecule has 4 rings (SSSR count). The topological polar surface area (TPSA) is 87.0 Å². The number of aromatic nitrogens is 1. The van der Waals surface area contributed by atoms with E-state index in [-0.39, 0.29) is 17.7 Å². The zero-order chi connectivity index (χ0) is 24.4. The van der Waals surface area contributed by atoms with Crippen molar-refractivity contribution in [2.24, 2.45) is 4.99 Å². The normalized spacial score (nSPS) is 15.5. The minimum atomic E-state index is -0.771. The van der Waals surface area contributed by atoms with E-state index in [1.54, 1.807) is 68.5 Å². The van der Waals surface area contributed by atoms with Crippen molar-refractivity contribution in [3.8, 4) is 0 Å². The van der Waals surface area contributed by atoms with E-state index in [1.165, 1.54) is 23.0 Å². The van der Waals surface area contributed by atoms with E-state index in [0.29, 0.717) is 31.2 Å². The third kappa shape index (κ3) is 4.34. The standard InChI is InChI=1S/C25H21ClN2O5S/c1-4-33-24(31)20-14(2)27-25-28(21(20)17-7-5-6-8-18(17)26)22(29)19(34-25)13-15-9-11-16(12-10-15)23(30)32-3/h5-13,21H,4H2,1-3H3/t21-/m0/s1. The Balaban J connectivity index is 1.90. The first-order valence-electron chi connectivity index (χ1n) is 10.5. The van der Waals surface area contributed by atoms with E-state index in [2.05, 4.69) is 4.99 Å². The number of halogens is 1. The molecule has 0 N–H and O–H groups in total. The summed E-state index contributed by atoms with van der Waals surface area (Å²) in [5.41, 5.74) is 2.19. The van der Waals surface area contributed by atoms with E-state index in [1.807, 2.05) is 0 Å². The van der Waals surface area contributed by atoms with Crippen LogP contribution in [0.1, 0.15) is 41.4 Å². The number of allylic oxidation sites excluding steroid dienone is 1. The largest absolute Gasteiger partial charge is 0.465 e. The molecule has 34 heavy (non-hydrogen) atoms. The van der Waals surface area contributed by atoms with Crippen molar-refractivity contribution in [2.75, 3.05) is 13.7 Å². The Hall–Kier alpha value is -3.49. The molecule has 2 heterocycles. The minimum Gasteiger partial charge on any atom is -0.465 e. The van der Waals surface area contributed by atoms with Crippen LogP contribution in [0, 0.1) is 0 Å². The number of thiazole rings is 1. The third-order valence-corrected chi connectivity index (χ3v) is 6.67. The fourth-order valence-electron chi connectivity index (χ4n) is 3.77. The van der Waals surface area contributed by atoms with Gasteiger partial charge in [-0.2, -0.15) is 0 Å². The van der Waals surface area contributed by atoms with Crippen molar-refractivity contribution in [1.82, 2.24) is 4.57 Å². The molecule has 0 radical (unpaired) electrons. The van der Waals surface area contributed by atoms with Gasteiger partial charge in [-0.25, -0.2) is 14.6 Å². The maximum atomic E-state index is 13.6. The lowest BCUT2D eigenvalue weighted by Gasteiger charge is -2.25. The van der Waals surface area contributed by atoms with Crippen LogP contribution in [-0.2, 0) is 14.3 Å². The van der Waals surface area contributed by atoms with Gasteiger partial charge in [0.2, 0.25) is 0 Å². The monoisotopic (exact) mass is 496 g/mol. The van der Waals surface area contributed by atoms with Gasteiger partial charge >= 0.3 is 11.9 Å². The Labute approximate surface area is 204 Å². The summed E-state index contributed by atoms with van der Waals surface area (Å²) >= 11 is 7.71. The molecule has 1 aromatic heterocycles. The zero-order valence-electron chi connectivity index (χ0n) is 18.7. The highest BCUT2D eigenvalue weighted by Crippen LogP contribution is 2.34. The van der Waals surface area contributed by atoms with Crippen LogP contribution in [0.15, 0.2) is 69.6 Å². The van der Waals surface area contributed by atoms with Gasteiger partial charge < -0.3 is 9.47 Å². The van der Waals surface area contributed by atoms with Crippen molar-refractivity contribution in [3.63, 3.8) is 0 Å². The Morgan fingerprint density at radius 1 is 1.15 bits per heavy atom. The first-order chi connectivity index (χ1) is 16.3. The number of ether oxygens (including phenoxy) is 2. The highest BCUT2D eigenvalue weighted by atomic mass is 35.5. The van der Waals surface area contributed by atoms with Crippen molar-refractivity contribution in [2.45, 2.75) is 19.9 Å². The molecular weight excluding hydrogens is 476 g/mol. The number of esters is 2. The van der Waals surface area contributed by atoms with Crippen LogP contribution in [-0.4, -0.2) is 30.2 Å². The summed E-state index contributed by atoms with van der Waals surface area (Å²) in [5, 5.41) is 0.428. The highest BCUT2D eigenvalue weighted by Gasteiger charge is 2.34. The van der Waals surface area contributed by atoms with Crippen LogP contribution < -0.4 is 14.9 Å². The van der Waals surface area contributed by atoms with Crippen LogP contribution in [0.25, 0.3) is 6.08 Å². The maximum Gasteiger partial charge on any atom is 0.338 e. The first kappa shape index (κ1) is 23.7. The number of nitrogens with zero attached hydrogens (tertiary/aromatic N) is 2. The Morgan fingerprint density at radius 2 is 1.85 bits per heavy atom. The Morgan fingerprint density at radius 3 is 2.50 bits per heavy atom. The number of hydrogen-bond acceptors (Lipinski definition) is 7. The second-order valence-corrected chi connectivity index (χ2v) is 8.85. The predicted octanol–water partition coefficient (Wildman–Crippen LogP) is 3.24. The lowest BCUT2D eigenvalue weighted by atomic mass is 9.96. The quantitative estimate of drug-likeness (QED) is 0.506. The van der Waals surface area contributed by atoms with Crippen molar-refractivity contribution in [3.05, 3.63) is 101 Å². The molecule has 1 atom stereocenters. The van der Waals surface area contributed by atoms with E-state index in [0.717, 1.165) is 5.56 Å². The van der Waals surface area contributed by atoms with Crippen LogP contribution in [0.3, 0.4) is 0 Å². The summed E-state index contributed by atoms with van der Waals surface area (Å²) in [7, 11) is 1.32. The molecule has 0 fully saturated rings. The van der Waals surface area contributed by atoms with Gasteiger partial charge in [-0.05, 0) is 49.2 Å². The summed E-state index contributed by atoms with van der Waals surface area (Å²) in [5.74, 6) is -0.978. The number of hydrogen-bond donors (Lipinski definition) is 0. The number of carbonyl (C=O) groups excluding carboxylic acids is 2. The molecule has 7 nitrogen and oxygen atoms in total. The van der Waals surface area contributed by atoms with Crippen molar-refractivity contribution in [1.29, 1.82) is 0 Å². The molecule has 0 saturated carbocycles. The van der Waals surface area contributed by atoms with Crippen LogP contribution >= 0.6 is 22.9 Å². The molecule has 9 heteroatoms. The summed E-state index contributed by atoms with van der Waals surface area (Å²) in [6.45, 7) is 3.63. The molecule has 2 aromatic carbocycles. The number of rotatable bonds is 5. The van der Waals surface area contributed by atoms with Gasteiger partial charge in [0.1, 0.15) is 6.04 Å². The van der Waals surface area contributed by atoms with Crippen LogP contribution in [0.5, 0.6) is 0 Å². The van der Waals surface area contributed by atoms with E-state index < -0.39 is 18.0 Å². The number of benzene rings is 2. The van der Waals surface area contributed by atoms with Gasteiger partial charge in [0.05, 0.1) is 35.1 Å². The third-order valence-electron chi connectivity index (χ3n) is 5.35. The van der Waals surface area contributed by atoms with Crippen LogP contribution in [0.2, 0.25) is 5.02 Å². The minimum absolute atomic E-state index is 0.191. The second kappa shape index (κ2) is 9.79. The summed E-state index contributed by atoms with van der Waals surface area (Å²) < 4.78 is 11.9. The first-order valence-corrected chi connectivity index (χ1v) is 11.7. The Kier molecular flexibility index (Phi) is 6.81. The van der Waals surface area contributed by atoms with Crippen molar-refractivity contribution >= 4 is 41.0 Å². The molecule has 0 bridgehead atoms. The molecule has 174 valence electrons. The number of fused-ring (bicyclic) bond motifs is 1. The molecule has 0 aliphatic carbocycles. The summed E-state index contributed by atoms with van der Waals surface area (Å²) in [4.78, 5) is 43.1. The Bertz CT molecular complexity index is 1480. The van der Waals surface area contributed by atoms with Crippen molar-refractivity contribution < 1.29 is 19.1 Å². The molecule has 0 unspecified atom stereocenters. The fourth-order valence-corrected chi connectivity index (χ4v) is 5.05. The molecule has 3 aromatic rings. The molecule has 0 spiro atoms. The highest BCUT2D eigenvalue weighted by molar-refractivity contribution is 7.07. The second-order valence-electron chi connectivity index (χ2n) is 7.44. The predicted molar refractivity (Wildman–Crippen MR) is 130 cm³/mol. The average molecular weight is 497 g/mol. The lowest BCUT2D eigenvalue weighted by molar-refractivity contribution is -0.139. The van der Waals surface area contributed by atoms with Gasteiger partial charge in [0, 0.05) is 5.02 Å². The smallest absolute Gasteiger partial charge is 0.338 e. The van der Waals surface area contributed by atoms with Gasteiger partial charge in [-0.15, -0.1) is 0 Å². The number of methoxy groups -OCH3 is 1. The van der Waals surface area contributed by atoms with Gasteiger partial charge in [0.25, 0.3) is 5.56 Å². The van der Waals surface area contributed by atoms with E-state index >= 15 is 0 Å². The van der Waals surface area contributed by atoms with Gasteiger partial charge in [-0.3, -0.25) is 9.36 Å². The molecule has 1 aliphatic heterocycles. The molecular formula is C25H21ClN2O5S. The van der Waals surface area contributed by atoms with Gasteiger partial charge in [-0.1, -0.05) is 53.3 Å². The lowest BCUT2D eigenvalue weighted by Crippen LogP contribution is -2.40. The summed E-state index contributed by atoms with van der Waals surface area (Å²) in [6.07, 6.45) is 1.72. The SMILES string of the molecule is CCOC(=O)C1=C(C)N=c2sc(=Cc3ccc(C(=O)OC)cc3)c(=O)n2[C@H]1c1ccccc1Cl. The molecule has 1 aliphatic rings. The maximum absolute atomic E-state index is 13.6. The van der Waals surface area contributed by atoms with E-state index in [9.17, 15) is 14.4 Å². The van der Waals surface area contributed by atoms with Gasteiger partial charge in [0.15, 0.2) is 4.80 Å². The fraction of sp³-hybridized carbons (Fsp3) is 0.200. The molecule has 0 amide bonds.